The Balaban J connectivity index is 2.14. The molecule has 1 atom stereocenters. The molecule has 0 aliphatic carbocycles. The molecular formula is C9H10BrN3O2. The topological polar surface area (TPSA) is 64.0 Å². The second-order valence-corrected chi connectivity index (χ2v) is 4.36. The number of amides is 1. The Morgan fingerprint density at radius 1 is 1.60 bits per heavy atom. The Hall–Kier alpha value is -1.17. The number of hydrogen-bond donors (Lipinski definition) is 1. The number of hydrogen-bond acceptors (Lipinski definition) is 3. The molecule has 1 aromatic rings. The Kier molecular flexibility index (Phi) is 2.86. The van der Waals surface area contributed by atoms with Gasteiger partial charge in [0.2, 0.25) is 5.91 Å². The molecule has 1 aromatic heterocycles. The van der Waals surface area contributed by atoms with Crippen molar-refractivity contribution in [2.24, 2.45) is 0 Å². The van der Waals surface area contributed by atoms with Crippen LogP contribution in [0.4, 0.5) is 0 Å². The van der Waals surface area contributed by atoms with E-state index in [9.17, 15) is 9.59 Å². The van der Waals surface area contributed by atoms with E-state index < -0.39 is 0 Å². The highest BCUT2D eigenvalue weighted by Crippen LogP contribution is 2.08. The molecule has 1 unspecified atom stereocenters. The van der Waals surface area contributed by atoms with Crippen LogP contribution in [-0.2, 0) is 11.3 Å². The van der Waals surface area contributed by atoms with Crippen LogP contribution in [0.3, 0.4) is 0 Å². The maximum absolute atomic E-state index is 11.6. The molecule has 5 nitrogen and oxygen atoms in total. The van der Waals surface area contributed by atoms with Crippen molar-refractivity contribution in [2.45, 2.75) is 25.4 Å². The van der Waals surface area contributed by atoms with Gasteiger partial charge in [-0.05, 0) is 22.4 Å². The summed E-state index contributed by atoms with van der Waals surface area (Å²) in [6, 6.07) is 0.0475. The Morgan fingerprint density at radius 2 is 2.40 bits per heavy atom. The Labute approximate surface area is 94.6 Å². The van der Waals surface area contributed by atoms with Gasteiger partial charge in [0.05, 0.1) is 6.33 Å². The highest BCUT2D eigenvalue weighted by molar-refractivity contribution is 9.10. The lowest BCUT2D eigenvalue weighted by atomic mass is 10.2. The molecule has 2 rings (SSSR count). The molecule has 0 spiro atoms. The summed E-state index contributed by atoms with van der Waals surface area (Å²) < 4.78 is 1.94. The van der Waals surface area contributed by atoms with Gasteiger partial charge >= 0.3 is 0 Å². The minimum atomic E-state index is -0.119. The van der Waals surface area contributed by atoms with Gasteiger partial charge in [0.15, 0.2) is 0 Å². The van der Waals surface area contributed by atoms with E-state index in [1.165, 1.54) is 17.1 Å². The average molecular weight is 272 g/mol. The second-order valence-electron chi connectivity index (χ2n) is 3.50. The van der Waals surface area contributed by atoms with Gasteiger partial charge in [-0.25, -0.2) is 4.98 Å². The van der Waals surface area contributed by atoms with E-state index in [1.54, 1.807) is 0 Å². The molecule has 2 heterocycles. The predicted octanol–water partition coefficient (Wildman–Crippen LogP) is 0.284. The summed E-state index contributed by atoms with van der Waals surface area (Å²) in [6.45, 7) is 0.483. The molecule has 0 bridgehead atoms. The number of nitrogens with one attached hydrogen (secondary N) is 1. The number of carbonyl (C=O) groups excluding carboxylic acids is 1. The molecule has 1 aliphatic heterocycles. The van der Waals surface area contributed by atoms with Gasteiger partial charge in [0.1, 0.15) is 4.47 Å². The van der Waals surface area contributed by atoms with Crippen molar-refractivity contribution in [1.29, 1.82) is 0 Å². The summed E-state index contributed by atoms with van der Waals surface area (Å²) in [7, 11) is 0. The first-order valence-electron chi connectivity index (χ1n) is 4.66. The van der Waals surface area contributed by atoms with Crippen LogP contribution in [0.5, 0.6) is 0 Å². The van der Waals surface area contributed by atoms with Crippen LogP contribution < -0.4 is 10.9 Å². The van der Waals surface area contributed by atoms with E-state index in [1.807, 2.05) is 0 Å². The van der Waals surface area contributed by atoms with Gasteiger partial charge in [0, 0.05) is 25.2 Å². The predicted molar refractivity (Wildman–Crippen MR) is 57.4 cm³/mol. The molecule has 6 heteroatoms. The highest BCUT2D eigenvalue weighted by atomic mass is 79.9. The highest BCUT2D eigenvalue weighted by Gasteiger charge is 2.21. The molecular weight excluding hydrogens is 262 g/mol. The molecule has 1 N–H and O–H groups in total. The number of halogens is 1. The molecule has 80 valence electrons. The zero-order valence-corrected chi connectivity index (χ0v) is 9.53. The maximum atomic E-state index is 11.6. The SMILES string of the molecule is O=C1CCC(Cn2cncc(Br)c2=O)N1. The van der Waals surface area contributed by atoms with Gasteiger partial charge in [-0.15, -0.1) is 0 Å². The zero-order valence-electron chi connectivity index (χ0n) is 7.94. The van der Waals surface area contributed by atoms with Gasteiger partial charge in [-0.3, -0.25) is 14.2 Å². The first-order chi connectivity index (χ1) is 7.16. The summed E-state index contributed by atoms with van der Waals surface area (Å²) in [5.74, 6) is 0.0519. The van der Waals surface area contributed by atoms with Gasteiger partial charge in [-0.1, -0.05) is 0 Å². The third-order valence-electron chi connectivity index (χ3n) is 2.36. The largest absolute Gasteiger partial charge is 0.352 e. The van der Waals surface area contributed by atoms with Crippen LogP contribution in [0.1, 0.15) is 12.8 Å². The normalized spacial score (nSPS) is 20.3. The van der Waals surface area contributed by atoms with E-state index in [-0.39, 0.29) is 17.5 Å². The molecule has 0 aromatic carbocycles. The first-order valence-corrected chi connectivity index (χ1v) is 5.45. The molecule has 1 aliphatic rings. The molecule has 15 heavy (non-hydrogen) atoms. The fraction of sp³-hybridized carbons (Fsp3) is 0.444. The molecule has 1 amide bonds. The molecule has 0 saturated carbocycles. The van der Waals surface area contributed by atoms with Crippen LogP contribution >= 0.6 is 15.9 Å². The molecule has 1 saturated heterocycles. The lowest BCUT2D eigenvalue weighted by Gasteiger charge is -2.11. The van der Waals surface area contributed by atoms with Crippen molar-refractivity contribution in [3.63, 3.8) is 0 Å². The van der Waals surface area contributed by atoms with Crippen molar-refractivity contribution in [2.75, 3.05) is 0 Å². The Bertz CT molecular complexity index is 443. The van der Waals surface area contributed by atoms with E-state index in [4.69, 9.17) is 0 Å². The van der Waals surface area contributed by atoms with E-state index >= 15 is 0 Å². The van der Waals surface area contributed by atoms with Gasteiger partial charge in [-0.2, -0.15) is 0 Å². The molecule has 1 fully saturated rings. The lowest BCUT2D eigenvalue weighted by Crippen LogP contribution is -2.34. The average Bonchev–Trinajstić information content (AvgIpc) is 2.59. The van der Waals surface area contributed by atoms with Crippen LogP contribution in [0.2, 0.25) is 0 Å². The summed E-state index contributed by atoms with van der Waals surface area (Å²) in [4.78, 5) is 26.5. The number of aromatic nitrogens is 2. The first kappa shape index (κ1) is 10.4. The van der Waals surface area contributed by atoms with Crippen molar-refractivity contribution in [3.8, 4) is 0 Å². The van der Waals surface area contributed by atoms with Crippen LogP contribution in [0.15, 0.2) is 21.8 Å². The van der Waals surface area contributed by atoms with Crippen molar-refractivity contribution in [1.82, 2.24) is 14.9 Å². The number of nitrogens with zero attached hydrogens (tertiary/aromatic N) is 2. The fourth-order valence-electron chi connectivity index (χ4n) is 1.61. The Morgan fingerprint density at radius 3 is 3.07 bits per heavy atom. The third kappa shape index (κ3) is 2.26. The summed E-state index contributed by atoms with van der Waals surface area (Å²) in [5, 5.41) is 2.81. The van der Waals surface area contributed by atoms with Crippen molar-refractivity contribution >= 4 is 21.8 Å². The van der Waals surface area contributed by atoms with Crippen LogP contribution in [0, 0.1) is 0 Å². The minimum absolute atomic E-state index is 0.0475. The number of carbonyl (C=O) groups is 1. The quantitative estimate of drug-likeness (QED) is 0.841. The summed E-state index contributed by atoms with van der Waals surface area (Å²) >= 11 is 3.12. The van der Waals surface area contributed by atoms with Crippen LogP contribution in [0.25, 0.3) is 0 Å². The second kappa shape index (κ2) is 4.14. The van der Waals surface area contributed by atoms with Gasteiger partial charge < -0.3 is 5.32 Å². The molecule has 0 radical (unpaired) electrons. The van der Waals surface area contributed by atoms with Crippen LogP contribution in [-0.4, -0.2) is 21.5 Å². The van der Waals surface area contributed by atoms with E-state index in [0.717, 1.165) is 6.42 Å². The lowest BCUT2D eigenvalue weighted by molar-refractivity contribution is -0.119. The maximum Gasteiger partial charge on any atom is 0.267 e. The monoisotopic (exact) mass is 271 g/mol. The van der Waals surface area contributed by atoms with Crippen molar-refractivity contribution < 1.29 is 4.79 Å². The zero-order chi connectivity index (χ0) is 10.8. The van der Waals surface area contributed by atoms with E-state index in [0.29, 0.717) is 17.4 Å². The van der Waals surface area contributed by atoms with E-state index in [2.05, 4.69) is 26.2 Å². The minimum Gasteiger partial charge on any atom is -0.352 e. The number of rotatable bonds is 2. The summed E-state index contributed by atoms with van der Waals surface area (Å²) in [5.41, 5.74) is -0.119. The third-order valence-corrected chi connectivity index (χ3v) is 2.91. The van der Waals surface area contributed by atoms with Gasteiger partial charge in [0.25, 0.3) is 5.56 Å². The fourth-order valence-corrected chi connectivity index (χ4v) is 1.95. The summed E-state index contributed by atoms with van der Waals surface area (Å²) in [6.07, 6.45) is 4.27. The standard InChI is InChI=1S/C9H10BrN3O2/c10-7-3-11-5-13(9(7)15)4-6-1-2-8(14)12-6/h3,5-6H,1-2,4H2,(H,12,14). The smallest absolute Gasteiger partial charge is 0.267 e. The van der Waals surface area contributed by atoms with Crippen molar-refractivity contribution in [3.05, 3.63) is 27.4 Å².